The van der Waals surface area contributed by atoms with Gasteiger partial charge in [0, 0.05) is 17.8 Å². The first-order chi connectivity index (χ1) is 8.18. The second kappa shape index (κ2) is 5.54. The lowest BCUT2D eigenvalue weighted by atomic mass is 9.92. The largest absolute Gasteiger partial charge is 0.399 e. The summed E-state index contributed by atoms with van der Waals surface area (Å²) in [4.78, 5) is 2.52. The summed E-state index contributed by atoms with van der Waals surface area (Å²) in [5.74, 6) is 0. The Morgan fingerprint density at radius 3 is 2.59 bits per heavy atom. The van der Waals surface area contributed by atoms with Crippen LogP contribution in [0.25, 0.3) is 0 Å². The number of hydrogen-bond donors (Lipinski definition) is 1. The van der Waals surface area contributed by atoms with Crippen LogP contribution in [-0.4, -0.2) is 18.0 Å². The Bertz CT molecular complexity index is 356. The van der Waals surface area contributed by atoms with Crippen LogP contribution in [0, 0.1) is 0 Å². The van der Waals surface area contributed by atoms with Crippen LogP contribution >= 0.6 is 0 Å². The van der Waals surface area contributed by atoms with Gasteiger partial charge in [0.2, 0.25) is 0 Å². The van der Waals surface area contributed by atoms with Crippen LogP contribution < -0.4 is 5.73 Å². The molecule has 0 bridgehead atoms. The Hall–Kier alpha value is -1.02. The maximum absolute atomic E-state index is 5.86. The van der Waals surface area contributed by atoms with Crippen molar-refractivity contribution in [3.8, 4) is 0 Å². The number of nitrogen functional groups attached to an aromatic ring is 1. The van der Waals surface area contributed by atoms with Gasteiger partial charge in [-0.05, 0) is 44.5 Å². The number of rotatable bonds is 3. The fraction of sp³-hybridized carbons (Fsp3) is 0.600. The quantitative estimate of drug-likeness (QED) is 0.807. The smallest absolute Gasteiger partial charge is 0.0320 e. The first-order valence-corrected chi connectivity index (χ1v) is 6.76. The summed E-state index contributed by atoms with van der Waals surface area (Å²) in [5, 5.41) is 0. The van der Waals surface area contributed by atoms with Gasteiger partial charge in [0.05, 0.1) is 0 Å². The van der Waals surface area contributed by atoms with E-state index in [1.807, 2.05) is 6.07 Å². The van der Waals surface area contributed by atoms with Crippen LogP contribution in [-0.2, 0) is 0 Å². The molecule has 1 aliphatic carbocycles. The molecule has 17 heavy (non-hydrogen) atoms. The molecule has 1 unspecified atom stereocenters. The van der Waals surface area contributed by atoms with Gasteiger partial charge in [-0.2, -0.15) is 0 Å². The highest BCUT2D eigenvalue weighted by Gasteiger charge is 2.22. The molecule has 0 spiro atoms. The Balaban J connectivity index is 2.05. The molecule has 0 amide bonds. The molecule has 1 saturated carbocycles. The summed E-state index contributed by atoms with van der Waals surface area (Å²) in [6.45, 7) is 2.28. The minimum absolute atomic E-state index is 0.460. The third-order valence-electron chi connectivity index (χ3n) is 4.15. The lowest BCUT2D eigenvalue weighted by Gasteiger charge is -2.35. The topological polar surface area (TPSA) is 29.3 Å². The van der Waals surface area contributed by atoms with Crippen LogP contribution in [0.5, 0.6) is 0 Å². The number of nitrogens with two attached hydrogens (primary N) is 1. The molecule has 0 aromatic heterocycles. The van der Waals surface area contributed by atoms with Gasteiger partial charge in [-0.3, -0.25) is 4.90 Å². The van der Waals surface area contributed by atoms with Crippen LogP contribution in [0.1, 0.15) is 50.6 Å². The van der Waals surface area contributed by atoms with E-state index >= 15 is 0 Å². The molecule has 0 saturated heterocycles. The Morgan fingerprint density at radius 2 is 1.94 bits per heavy atom. The number of anilines is 1. The lowest BCUT2D eigenvalue weighted by Crippen LogP contribution is -2.35. The van der Waals surface area contributed by atoms with E-state index in [1.165, 1.54) is 37.7 Å². The van der Waals surface area contributed by atoms with E-state index in [9.17, 15) is 0 Å². The zero-order valence-electron chi connectivity index (χ0n) is 11.0. The van der Waals surface area contributed by atoms with Crippen molar-refractivity contribution < 1.29 is 0 Å². The first kappa shape index (κ1) is 12.4. The maximum atomic E-state index is 5.86. The molecule has 0 aliphatic heterocycles. The summed E-state index contributed by atoms with van der Waals surface area (Å²) in [7, 11) is 2.25. The summed E-state index contributed by atoms with van der Waals surface area (Å²) >= 11 is 0. The van der Waals surface area contributed by atoms with Gasteiger partial charge >= 0.3 is 0 Å². The van der Waals surface area contributed by atoms with Gasteiger partial charge in [-0.25, -0.2) is 0 Å². The van der Waals surface area contributed by atoms with Crippen molar-refractivity contribution in [2.75, 3.05) is 12.8 Å². The average Bonchev–Trinajstić information content (AvgIpc) is 2.38. The Morgan fingerprint density at radius 1 is 1.24 bits per heavy atom. The molecule has 1 aromatic rings. The third kappa shape index (κ3) is 3.01. The molecule has 1 fully saturated rings. The second-order valence-electron chi connectivity index (χ2n) is 5.30. The van der Waals surface area contributed by atoms with Crippen LogP contribution in [0.3, 0.4) is 0 Å². The zero-order chi connectivity index (χ0) is 12.3. The minimum Gasteiger partial charge on any atom is -0.399 e. The van der Waals surface area contributed by atoms with Crippen molar-refractivity contribution in [3.05, 3.63) is 29.8 Å². The van der Waals surface area contributed by atoms with Crippen molar-refractivity contribution in [1.82, 2.24) is 4.90 Å². The van der Waals surface area contributed by atoms with Crippen molar-refractivity contribution in [2.45, 2.75) is 51.1 Å². The fourth-order valence-electron chi connectivity index (χ4n) is 2.86. The average molecular weight is 232 g/mol. The van der Waals surface area contributed by atoms with E-state index in [4.69, 9.17) is 5.73 Å². The monoisotopic (exact) mass is 232 g/mol. The number of benzene rings is 1. The van der Waals surface area contributed by atoms with Gasteiger partial charge in [-0.15, -0.1) is 0 Å². The Kier molecular flexibility index (Phi) is 4.06. The molecule has 2 nitrogen and oxygen atoms in total. The summed E-state index contributed by atoms with van der Waals surface area (Å²) in [5.41, 5.74) is 8.06. The molecular weight excluding hydrogens is 208 g/mol. The SMILES string of the molecule is CC(c1cccc(N)c1)N(C)C1CCCCC1. The zero-order valence-corrected chi connectivity index (χ0v) is 11.0. The van der Waals surface area contributed by atoms with Crippen LogP contribution in [0.4, 0.5) is 5.69 Å². The molecule has 2 heteroatoms. The highest BCUT2D eigenvalue weighted by Crippen LogP contribution is 2.29. The van der Waals surface area contributed by atoms with Crippen molar-refractivity contribution in [3.63, 3.8) is 0 Å². The van der Waals surface area contributed by atoms with E-state index in [1.54, 1.807) is 0 Å². The lowest BCUT2D eigenvalue weighted by molar-refractivity contribution is 0.147. The summed E-state index contributed by atoms with van der Waals surface area (Å²) in [6, 6.07) is 9.50. The highest BCUT2D eigenvalue weighted by atomic mass is 15.2. The molecular formula is C15H24N2. The van der Waals surface area contributed by atoms with E-state index in [2.05, 4.69) is 37.1 Å². The van der Waals surface area contributed by atoms with Crippen LogP contribution in [0.15, 0.2) is 24.3 Å². The second-order valence-corrected chi connectivity index (χ2v) is 5.30. The number of nitrogens with zero attached hydrogens (tertiary/aromatic N) is 1. The van der Waals surface area contributed by atoms with Gasteiger partial charge in [-0.1, -0.05) is 31.4 Å². The molecule has 0 radical (unpaired) electrons. The predicted molar refractivity (Wildman–Crippen MR) is 73.9 cm³/mol. The molecule has 2 N–H and O–H groups in total. The molecule has 1 aliphatic rings. The Labute approximate surface area is 105 Å². The maximum Gasteiger partial charge on any atom is 0.0320 e. The van der Waals surface area contributed by atoms with Gasteiger partial charge in [0.25, 0.3) is 0 Å². The standard InChI is InChI=1S/C15H24N2/c1-12(13-7-6-8-14(16)11-13)17(2)15-9-4-3-5-10-15/h6-8,11-12,15H,3-5,9-10,16H2,1-2H3. The van der Waals surface area contributed by atoms with Crippen molar-refractivity contribution in [2.24, 2.45) is 0 Å². The minimum atomic E-state index is 0.460. The molecule has 2 rings (SSSR count). The number of hydrogen-bond acceptors (Lipinski definition) is 2. The predicted octanol–water partition coefficient (Wildman–Crippen LogP) is 3.59. The van der Waals surface area contributed by atoms with Gasteiger partial charge < -0.3 is 5.73 Å². The fourth-order valence-corrected chi connectivity index (χ4v) is 2.86. The third-order valence-corrected chi connectivity index (χ3v) is 4.15. The normalized spacial score (nSPS) is 19.5. The molecule has 1 atom stereocenters. The van der Waals surface area contributed by atoms with Crippen molar-refractivity contribution in [1.29, 1.82) is 0 Å². The highest BCUT2D eigenvalue weighted by molar-refractivity contribution is 5.41. The van der Waals surface area contributed by atoms with E-state index < -0.39 is 0 Å². The molecule has 0 heterocycles. The van der Waals surface area contributed by atoms with Gasteiger partial charge in [0.15, 0.2) is 0 Å². The van der Waals surface area contributed by atoms with Crippen LogP contribution in [0.2, 0.25) is 0 Å². The summed E-state index contributed by atoms with van der Waals surface area (Å²) in [6.07, 6.45) is 6.89. The van der Waals surface area contributed by atoms with E-state index in [0.29, 0.717) is 6.04 Å². The molecule has 94 valence electrons. The molecule has 1 aromatic carbocycles. The van der Waals surface area contributed by atoms with Crippen molar-refractivity contribution >= 4 is 5.69 Å². The summed E-state index contributed by atoms with van der Waals surface area (Å²) < 4.78 is 0. The van der Waals surface area contributed by atoms with E-state index in [0.717, 1.165) is 11.7 Å². The van der Waals surface area contributed by atoms with E-state index in [-0.39, 0.29) is 0 Å². The van der Waals surface area contributed by atoms with Gasteiger partial charge in [0.1, 0.15) is 0 Å². The first-order valence-electron chi connectivity index (χ1n) is 6.76.